The summed E-state index contributed by atoms with van der Waals surface area (Å²) in [4.78, 5) is 20.9. The number of amides is 2. The van der Waals surface area contributed by atoms with Crippen LogP contribution < -0.4 is 15.1 Å². The van der Waals surface area contributed by atoms with E-state index in [4.69, 9.17) is 0 Å². The number of carbonyl (C=O) groups is 1. The van der Waals surface area contributed by atoms with Crippen molar-refractivity contribution in [2.75, 3.05) is 68.5 Å². The third-order valence-corrected chi connectivity index (χ3v) is 6.48. The van der Waals surface area contributed by atoms with Gasteiger partial charge in [-0.1, -0.05) is 6.07 Å². The lowest BCUT2D eigenvalue weighted by molar-refractivity contribution is -0.137. The summed E-state index contributed by atoms with van der Waals surface area (Å²) in [6.07, 6.45) is -3.23. The number of anilines is 3. The number of nitrogens with zero attached hydrogens (tertiary/aromatic N) is 4. The molecule has 0 bridgehead atoms. The summed E-state index contributed by atoms with van der Waals surface area (Å²) in [5.41, 5.74) is 1.74. The van der Waals surface area contributed by atoms with Crippen LogP contribution in [0.1, 0.15) is 12.0 Å². The summed E-state index contributed by atoms with van der Waals surface area (Å²) in [6.45, 7) is 3.87. The van der Waals surface area contributed by atoms with Crippen molar-refractivity contribution < 1.29 is 18.0 Å². The number of urea groups is 1. The van der Waals surface area contributed by atoms with E-state index in [2.05, 4.69) is 29.2 Å². The third-order valence-electron chi connectivity index (χ3n) is 6.48. The number of benzene rings is 2. The van der Waals surface area contributed by atoms with Gasteiger partial charge in [0.15, 0.2) is 0 Å². The second-order valence-electron chi connectivity index (χ2n) is 8.85. The monoisotopic (exact) mass is 461 g/mol. The number of nitrogens with one attached hydrogen (secondary N) is 1. The highest BCUT2D eigenvalue weighted by molar-refractivity contribution is 5.89. The maximum Gasteiger partial charge on any atom is 0.416 e. The molecule has 2 heterocycles. The van der Waals surface area contributed by atoms with Crippen molar-refractivity contribution in [3.05, 3.63) is 54.1 Å². The minimum absolute atomic E-state index is 0.194. The van der Waals surface area contributed by atoms with Crippen molar-refractivity contribution in [2.45, 2.75) is 18.6 Å². The quantitative estimate of drug-likeness (QED) is 0.741. The summed E-state index contributed by atoms with van der Waals surface area (Å²) >= 11 is 0. The van der Waals surface area contributed by atoms with Gasteiger partial charge in [-0.2, -0.15) is 13.2 Å². The van der Waals surface area contributed by atoms with E-state index in [0.717, 1.165) is 37.0 Å². The molecule has 6 nitrogen and oxygen atoms in total. The highest BCUT2D eigenvalue weighted by Gasteiger charge is 2.31. The van der Waals surface area contributed by atoms with Gasteiger partial charge >= 0.3 is 12.2 Å². The van der Waals surface area contributed by atoms with Gasteiger partial charge in [-0.15, -0.1) is 0 Å². The fourth-order valence-corrected chi connectivity index (χ4v) is 4.40. The lowest BCUT2D eigenvalue weighted by atomic mass is 10.1. The second kappa shape index (κ2) is 9.51. The minimum Gasteiger partial charge on any atom is -0.370 e. The van der Waals surface area contributed by atoms with E-state index in [1.165, 1.54) is 12.1 Å². The SMILES string of the molecule is CN(C)C1CCN(c2ccc(NC(=O)N3CCN(c4cccc(C(F)(F)F)c4)CC3)cc2)C1. The molecule has 0 aromatic heterocycles. The van der Waals surface area contributed by atoms with Crippen LogP contribution in [0, 0.1) is 0 Å². The zero-order valence-corrected chi connectivity index (χ0v) is 19.0. The standard InChI is InChI=1S/C24H30F3N5O/c1-29(2)22-10-11-32(17-22)20-8-6-19(7-9-20)28-23(33)31-14-12-30(13-15-31)21-5-3-4-18(16-21)24(25,26)27/h3-9,16,22H,10-15,17H2,1-2H3,(H,28,33). The van der Waals surface area contributed by atoms with Crippen LogP contribution in [0.5, 0.6) is 0 Å². The zero-order chi connectivity index (χ0) is 23.6. The van der Waals surface area contributed by atoms with Gasteiger partial charge in [0, 0.05) is 62.4 Å². The van der Waals surface area contributed by atoms with Gasteiger partial charge in [-0.25, -0.2) is 4.79 Å². The molecule has 4 rings (SSSR count). The average Bonchev–Trinajstić information content (AvgIpc) is 3.30. The topological polar surface area (TPSA) is 42.1 Å². The molecule has 9 heteroatoms. The fourth-order valence-electron chi connectivity index (χ4n) is 4.40. The molecule has 2 saturated heterocycles. The van der Waals surface area contributed by atoms with E-state index < -0.39 is 11.7 Å². The van der Waals surface area contributed by atoms with Crippen LogP contribution in [0.15, 0.2) is 48.5 Å². The molecule has 2 aliphatic rings. The van der Waals surface area contributed by atoms with E-state index >= 15 is 0 Å². The number of alkyl halides is 3. The first kappa shape index (κ1) is 23.2. The van der Waals surface area contributed by atoms with E-state index in [0.29, 0.717) is 37.9 Å². The Labute approximate surface area is 192 Å². The normalized spacial score (nSPS) is 19.3. The predicted octanol–water partition coefficient (Wildman–Crippen LogP) is 4.20. The molecule has 2 aromatic rings. The number of hydrogen-bond donors (Lipinski definition) is 1. The molecule has 1 unspecified atom stereocenters. The van der Waals surface area contributed by atoms with Gasteiger partial charge < -0.3 is 24.9 Å². The van der Waals surface area contributed by atoms with Crippen molar-refractivity contribution >= 4 is 23.1 Å². The Balaban J connectivity index is 1.29. The third kappa shape index (κ3) is 5.52. The molecule has 0 radical (unpaired) electrons. The summed E-state index contributed by atoms with van der Waals surface area (Å²) in [6, 6.07) is 13.6. The summed E-state index contributed by atoms with van der Waals surface area (Å²) in [7, 11) is 4.21. The van der Waals surface area contributed by atoms with Crippen molar-refractivity contribution in [2.24, 2.45) is 0 Å². The molecule has 178 valence electrons. The Kier molecular flexibility index (Phi) is 6.69. The Morgan fingerprint density at radius 2 is 1.64 bits per heavy atom. The Morgan fingerprint density at radius 3 is 2.24 bits per heavy atom. The van der Waals surface area contributed by atoms with Crippen molar-refractivity contribution in [3.8, 4) is 0 Å². The number of carbonyl (C=O) groups excluding carboxylic acids is 1. The average molecular weight is 462 g/mol. The first-order valence-corrected chi connectivity index (χ1v) is 11.2. The van der Waals surface area contributed by atoms with Gasteiger partial charge in [0.1, 0.15) is 0 Å². The van der Waals surface area contributed by atoms with Crippen molar-refractivity contribution in [1.82, 2.24) is 9.80 Å². The van der Waals surface area contributed by atoms with Crippen LogP contribution in [0.3, 0.4) is 0 Å². The van der Waals surface area contributed by atoms with E-state index in [-0.39, 0.29) is 6.03 Å². The zero-order valence-electron chi connectivity index (χ0n) is 19.0. The summed E-state index contributed by atoms with van der Waals surface area (Å²) in [5, 5.41) is 2.93. The fraction of sp³-hybridized carbons (Fsp3) is 0.458. The van der Waals surface area contributed by atoms with Crippen LogP contribution >= 0.6 is 0 Å². The number of rotatable bonds is 4. The highest BCUT2D eigenvalue weighted by Crippen LogP contribution is 2.32. The van der Waals surface area contributed by atoms with Crippen molar-refractivity contribution in [1.29, 1.82) is 0 Å². The van der Waals surface area contributed by atoms with Crippen LogP contribution in [0.4, 0.5) is 35.0 Å². The molecule has 0 spiro atoms. The minimum atomic E-state index is -4.36. The number of likely N-dealkylation sites (N-methyl/N-ethyl adjacent to an activating group) is 1. The first-order valence-electron chi connectivity index (χ1n) is 11.2. The van der Waals surface area contributed by atoms with Crippen LogP contribution in [-0.4, -0.2) is 75.2 Å². The molecule has 2 amide bonds. The molecule has 2 aromatic carbocycles. The Bertz CT molecular complexity index is 955. The predicted molar refractivity (Wildman–Crippen MR) is 125 cm³/mol. The van der Waals surface area contributed by atoms with E-state index in [1.807, 2.05) is 29.2 Å². The van der Waals surface area contributed by atoms with Crippen LogP contribution in [-0.2, 0) is 6.18 Å². The molecule has 2 aliphatic heterocycles. The van der Waals surface area contributed by atoms with Crippen molar-refractivity contribution in [3.63, 3.8) is 0 Å². The number of hydrogen-bond acceptors (Lipinski definition) is 4. The molecule has 0 saturated carbocycles. The first-order chi connectivity index (χ1) is 15.7. The van der Waals surface area contributed by atoms with Gasteiger partial charge in [-0.3, -0.25) is 0 Å². The molecule has 1 atom stereocenters. The van der Waals surface area contributed by atoms with E-state index in [1.54, 1.807) is 11.0 Å². The maximum atomic E-state index is 13.0. The van der Waals surface area contributed by atoms with E-state index in [9.17, 15) is 18.0 Å². The van der Waals surface area contributed by atoms with Gasteiger partial charge in [0.2, 0.25) is 0 Å². The Hall–Kier alpha value is -2.94. The largest absolute Gasteiger partial charge is 0.416 e. The maximum absolute atomic E-state index is 13.0. The summed E-state index contributed by atoms with van der Waals surface area (Å²) in [5.74, 6) is 0. The Morgan fingerprint density at radius 1 is 0.939 bits per heavy atom. The molecule has 2 fully saturated rings. The lowest BCUT2D eigenvalue weighted by Gasteiger charge is -2.36. The van der Waals surface area contributed by atoms with Crippen LogP contribution in [0.25, 0.3) is 0 Å². The summed E-state index contributed by atoms with van der Waals surface area (Å²) < 4.78 is 39.0. The molecular weight excluding hydrogens is 431 g/mol. The number of halogens is 3. The lowest BCUT2D eigenvalue weighted by Crippen LogP contribution is -2.50. The van der Waals surface area contributed by atoms with Gasteiger partial charge in [0.05, 0.1) is 5.56 Å². The smallest absolute Gasteiger partial charge is 0.370 e. The molecule has 33 heavy (non-hydrogen) atoms. The van der Waals surface area contributed by atoms with Crippen LogP contribution in [0.2, 0.25) is 0 Å². The molecule has 1 N–H and O–H groups in total. The van der Waals surface area contributed by atoms with Gasteiger partial charge in [-0.05, 0) is 63.0 Å². The molecule has 0 aliphatic carbocycles. The highest BCUT2D eigenvalue weighted by atomic mass is 19.4. The molecular formula is C24H30F3N5O. The second-order valence-corrected chi connectivity index (χ2v) is 8.85. The van der Waals surface area contributed by atoms with Gasteiger partial charge in [0.25, 0.3) is 0 Å². The number of piperazine rings is 1.